The van der Waals surface area contributed by atoms with Crippen LogP contribution in [0.4, 0.5) is 5.69 Å². The minimum absolute atomic E-state index is 0.0596. The molecule has 0 aliphatic rings. The summed E-state index contributed by atoms with van der Waals surface area (Å²) in [5.41, 5.74) is 0.345. The van der Waals surface area contributed by atoms with Gasteiger partial charge >= 0.3 is 5.97 Å². The van der Waals surface area contributed by atoms with E-state index < -0.39 is 11.9 Å². The lowest BCUT2D eigenvalue weighted by molar-refractivity contribution is -0.132. The summed E-state index contributed by atoms with van der Waals surface area (Å²) in [6.45, 7) is 1.33. The van der Waals surface area contributed by atoms with E-state index in [4.69, 9.17) is 28.3 Å². The standard InChI is InChI=1S/C11H9Cl2NO3/c1-6(11(16)17)2-10(15)14-9-4-7(12)3-8(13)5-9/h2-5H,1H3,(H,14,15)(H,16,17). The van der Waals surface area contributed by atoms with E-state index in [9.17, 15) is 9.59 Å². The molecule has 0 spiro atoms. The van der Waals surface area contributed by atoms with Crippen molar-refractivity contribution in [1.29, 1.82) is 0 Å². The molecule has 6 heteroatoms. The Morgan fingerprint density at radius 1 is 1.24 bits per heavy atom. The van der Waals surface area contributed by atoms with Crippen LogP contribution < -0.4 is 5.32 Å². The molecule has 0 aliphatic heterocycles. The Balaban J connectivity index is 2.81. The van der Waals surface area contributed by atoms with Crippen molar-refractivity contribution < 1.29 is 14.7 Å². The first-order chi connectivity index (χ1) is 7.88. The maximum atomic E-state index is 11.4. The summed E-state index contributed by atoms with van der Waals surface area (Å²) < 4.78 is 0. The zero-order valence-electron chi connectivity index (χ0n) is 8.83. The number of hydrogen-bond acceptors (Lipinski definition) is 2. The van der Waals surface area contributed by atoms with Crippen molar-refractivity contribution in [2.75, 3.05) is 5.32 Å². The molecule has 0 aromatic heterocycles. The number of carbonyl (C=O) groups is 2. The molecule has 1 rings (SSSR count). The predicted octanol–water partition coefficient (Wildman–Crippen LogP) is 2.96. The van der Waals surface area contributed by atoms with E-state index in [1.54, 1.807) is 0 Å². The number of halogens is 2. The number of amides is 1. The molecule has 0 saturated heterocycles. The second-order valence-electron chi connectivity index (χ2n) is 3.28. The fraction of sp³-hybridized carbons (Fsp3) is 0.0909. The molecule has 1 aromatic rings. The van der Waals surface area contributed by atoms with E-state index in [1.807, 2.05) is 0 Å². The summed E-state index contributed by atoms with van der Waals surface area (Å²) in [5, 5.41) is 11.8. The van der Waals surface area contributed by atoms with Gasteiger partial charge in [0.2, 0.25) is 5.91 Å². The second-order valence-corrected chi connectivity index (χ2v) is 4.15. The van der Waals surface area contributed by atoms with Gasteiger partial charge in [0, 0.05) is 27.4 Å². The van der Waals surface area contributed by atoms with E-state index in [1.165, 1.54) is 25.1 Å². The molecular weight excluding hydrogens is 265 g/mol. The van der Waals surface area contributed by atoms with Gasteiger partial charge in [-0.15, -0.1) is 0 Å². The normalized spacial score (nSPS) is 11.1. The highest BCUT2D eigenvalue weighted by Crippen LogP contribution is 2.22. The van der Waals surface area contributed by atoms with Gasteiger partial charge in [0.25, 0.3) is 0 Å². The Kier molecular flexibility index (Phi) is 4.54. The number of aliphatic carboxylic acids is 1. The molecule has 0 saturated carbocycles. The lowest BCUT2D eigenvalue weighted by Gasteiger charge is -2.04. The topological polar surface area (TPSA) is 66.4 Å². The van der Waals surface area contributed by atoms with Gasteiger partial charge in [-0.25, -0.2) is 4.79 Å². The van der Waals surface area contributed by atoms with Gasteiger partial charge in [-0.05, 0) is 25.1 Å². The average Bonchev–Trinajstić information content (AvgIpc) is 2.14. The molecule has 4 nitrogen and oxygen atoms in total. The number of carbonyl (C=O) groups excluding carboxylic acids is 1. The van der Waals surface area contributed by atoms with Crippen molar-refractivity contribution in [1.82, 2.24) is 0 Å². The quantitative estimate of drug-likeness (QED) is 0.833. The van der Waals surface area contributed by atoms with Crippen molar-refractivity contribution >= 4 is 40.8 Å². The molecule has 0 bridgehead atoms. The fourth-order valence-corrected chi connectivity index (χ4v) is 1.59. The summed E-state index contributed by atoms with van der Waals surface area (Å²) in [7, 11) is 0. The molecule has 17 heavy (non-hydrogen) atoms. The minimum Gasteiger partial charge on any atom is -0.478 e. The summed E-state index contributed by atoms with van der Waals surface area (Å²) in [5.74, 6) is -1.70. The van der Waals surface area contributed by atoms with Crippen LogP contribution in [0.1, 0.15) is 6.92 Å². The average molecular weight is 274 g/mol. The monoisotopic (exact) mass is 273 g/mol. The highest BCUT2D eigenvalue weighted by Gasteiger charge is 2.05. The Bertz CT molecular complexity index is 477. The smallest absolute Gasteiger partial charge is 0.331 e. The van der Waals surface area contributed by atoms with Crippen LogP contribution in [0, 0.1) is 0 Å². The molecule has 2 N–H and O–H groups in total. The Hall–Kier alpha value is -1.52. The van der Waals surface area contributed by atoms with Crippen LogP contribution in [0.25, 0.3) is 0 Å². The van der Waals surface area contributed by atoms with Crippen LogP contribution >= 0.6 is 23.2 Å². The molecule has 0 heterocycles. The van der Waals surface area contributed by atoms with Gasteiger partial charge in [0.05, 0.1) is 0 Å². The summed E-state index contributed by atoms with van der Waals surface area (Å²) in [4.78, 5) is 21.9. The molecule has 1 aromatic carbocycles. The van der Waals surface area contributed by atoms with Crippen molar-refractivity contribution in [2.45, 2.75) is 6.92 Å². The second kappa shape index (κ2) is 5.70. The van der Waals surface area contributed by atoms with Gasteiger partial charge in [-0.2, -0.15) is 0 Å². The van der Waals surface area contributed by atoms with Gasteiger partial charge in [-0.3, -0.25) is 4.79 Å². The van der Waals surface area contributed by atoms with E-state index >= 15 is 0 Å². The lowest BCUT2D eigenvalue weighted by Crippen LogP contribution is -2.10. The van der Waals surface area contributed by atoms with Crippen molar-refractivity contribution in [3.05, 3.63) is 39.9 Å². The van der Waals surface area contributed by atoms with Crippen LogP contribution in [-0.4, -0.2) is 17.0 Å². The molecule has 90 valence electrons. The van der Waals surface area contributed by atoms with E-state index in [0.717, 1.165) is 6.08 Å². The number of carboxylic acids is 1. The third-order valence-electron chi connectivity index (χ3n) is 1.82. The molecular formula is C11H9Cl2NO3. The van der Waals surface area contributed by atoms with E-state index in [-0.39, 0.29) is 5.57 Å². The summed E-state index contributed by atoms with van der Waals surface area (Å²) in [6.07, 6.45) is 0.983. The van der Waals surface area contributed by atoms with Crippen LogP contribution in [-0.2, 0) is 9.59 Å². The van der Waals surface area contributed by atoms with Crippen LogP contribution in [0.3, 0.4) is 0 Å². The van der Waals surface area contributed by atoms with Crippen LogP contribution in [0.15, 0.2) is 29.8 Å². The number of carboxylic acid groups (broad SMARTS) is 1. The maximum absolute atomic E-state index is 11.4. The van der Waals surface area contributed by atoms with Gasteiger partial charge in [0.15, 0.2) is 0 Å². The van der Waals surface area contributed by atoms with Crippen LogP contribution in [0.5, 0.6) is 0 Å². The lowest BCUT2D eigenvalue weighted by atomic mass is 10.2. The molecule has 1 amide bonds. The third kappa shape index (κ3) is 4.46. The molecule has 0 aliphatic carbocycles. The SMILES string of the molecule is CC(=CC(=O)Nc1cc(Cl)cc(Cl)c1)C(=O)O. The fourth-order valence-electron chi connectivity index (χ4n) is 1.06. The first kappa shape index (κ1) is 13.5. The zero-order chi connectivity index (χ0) is 13.0. The highest BCUT2D eigenvalue weighted by atomic mass is 35.5. The van der Waals surface area contributed by atoms with Crippen LogP contribution in [0.2, 0.25) is 10.0 Å². The minimum atomic E-state index is -1.15. The maximum Gasteiger partial charge on any atom is 0.331 e. The van der Waals surface area contributed by atoms with E-state index in [0.29, 0.717) is 15.7 Å². The predicted molar refractivity (Wildman–Crippen MR) is 66.5 cm³/mol. The van der Waals surface area contributed by atoms with Gasteiger partial charge in [0.1, 0.15) is 0 Å². The Morgan fingerprint density at radius 2 is 1.76 bits per heavy atom. The van der Waals surface area contributed by atoms with Gasteiger partial charge in [-0.1, -0.05) is 23.2 Å². The number of hydrogen-bond donors (Lipinski definition) is 2. The Morgan fingerprint density at radius 3 is 2.24 bits per heavy atom. The third-order valence-corrected chi connectivity index (χ3v) is 2.25. The van der Waals surface area contributed by atoms with Crippen molar-refractivity contribution in [3.8, 4) is 0 Å². The molecule has 0 radical (unpaired) electrons. The van der Waals surface area contributed by atoms with Crippen molar-refractivity contribution in [2.24, 2.45) is 0 Å². The highest BCUT2D eigenvalue weighted by molar-refractivity contribution is 6.35. The van der Waals surface area contributed by atoms with Gasteiger partial charge < -0.3 is 10.4 Å². The summed E-state index contributed by atoms with van der Waals surface area (Å²) in [6, 6.07) is 4.54. The Labute approximate surface area is 108 Å². The first-order valence-corrected chi connectivity index (χ1v) is 5.33. The largest absolute Gasteiger partial charge is 0.478 e. The zero-order valence-corrected chi connectivity index (χ0v) is 10.3. The molecule has 0 atom stereocenters. The number of nitrogens with one attached hydrogen (secondary N) is 1. The van der Waals surface area contributed by atoms with Crippen molar-refractivity contribution in [3.63, 3.8) is 0 Å². The molecule has 0 fully saturated rings. The summed E-state index contributed by atoms with van der Waals surface area (Å²) >= 11 is 11.5. The van der Waals surface area contributed by atoms with E-state index in [2.05, 4.69) is 5.32 Å². The molecule has 0 unspecified atom stereocenters. The first-order valence-electron chi connectivity index (χ1n) is 4.57. The number of benzene rings is 1. The number of rotatable bonds is 3. The number of anilines is 1.